The summed E-state index contributed by atoms with van der Waals surface area (Å²) in [7, 11) is 4.01. The Hall–Kier alpha value is -1.36. The van der Waals surface area contributed by atoms with E-state index in [-0.39, 0.29) is 6.17 Å². The van der Waals surface area contributed by atoms with E-state index in [0.717, 1.165) is 24.6 Å². The maximum absolute atomic E-state index is 4.72. The summed E-state index contributed by atoms with van der Waals surface area (Å²) in [4.78, 5) is 14.0. The van der Waals surface area contributed by atoms with E-state index in [2.05, 4.69) is 36.3 Å². The summed E-state index contributed by atoms with van der Waals surface area (Å²) in [6, 6.07) is 4.42. The number of aliphatic imine (C=N–C) groups is 2. The monoisotopic (exact) mass is 292 g/mol. The number of guanidine groups is 1. The molecule has 5 heteroatoms. The predicted octanol–water partition coefficient (Wildman–Crippen LogP) is 3.21. The van der Waals surface area contributed by atoms with E-state index in [1.54, 1.807) is 0 Å². The summed E-state index contributed by atoms with van der Waals surface area (Å²) < 4.78 is 0. The van der Waals surface area contributed by atoms with Crippen LogP contribution in [-0.2, 0) is 0 Å². The third kappa shape index (κ3) is 3.39. The van der Waals surface area contributed by atoms with Crippen molar-refractivity contribution in [1.29, 1.82) is 0 Å². The number of nitrogens with one attached hydrogen (secondary N) is 1. The van der Waals surface area contributed by atoms with Crippen molar-refractivity contribution >= 4 is 23.1 Å². The molecule has 0 amide bonds. The first-order chi connectivity index (χ1) is 9.51. The summed E-state index contributed by atoms with van der Waals surface area (Å²) in [6.45, 7) is 6.41. The average Bonchev–Trinajstić information content (AvgIpc) is 2.81. The Bertz CT molecular complexity index is 516. The van der Waals surface area contributed by atoms with Crippen LogP contribution in [0, 0.1) is 6.92 Å². The molecule has 0 saturated carbocycles. The smallest absolute Gasteiger partial charge is 0.201 e. The quantitative estimate of drug-likeness (QED) is 0.925. The van der Waals surface area contributed by atoms with Gasteiger partial charge in [0.1, 0.15) is 12.0 Å². The van der Waals surface area contributed by atoms with Gasteiger partial charge < -0.3 is 10.2 Å². The van der Waals surface area contributed by atoms with Crippen LogP contribution >= 0.6 is 11.3 Å². The highest BCUT2D eigenvalue weighted by atomic mass is 32.1. The second kappa shape index (κ2) is 6.39. The highest BCUT2D eigenvalue weighted by molar-refractivity contribution is 7.12. The van der Waals surface area contributed by atoms with Gasteiger partial charge in [-0.3, -0.25) is 0 Å². The predicted molar refractivity (Wildman–Crippen MR) is 87.9 cm³/mol. The number of nitrogens with zero attached hydrogens (tertiary/aromatic N) is 3. The van der Waals surface area contributed by atoms with Crippen molar-refractivity contribution < 1.29 is 0 Å². The van der Waals surface area contributed by atoms with Crippen LogP contribution in [0.25, 0.3) is 0 Å². The Morgan fingerprint density at radius 3 is 2.65 bits per heavy atom. The second-order valence-corrected chi connectivity index (χ2v) is 6.73. The molecule has 0 spiro atoms. The molecule has 0 fully saturated rings. The first-order valence-electron chi connectivity index (χ1n) is 7.17. The van der Waals surface area contributed by atoms with Crippen LogP contribution in [0.1, 0.15) is 42.4 Å². The van der Waals surface area contributed by atoms with Crippen LogP contribution in [0.5, 0.6) is 0 Å². The Balaban J connectivity index is 2.26. The molecule has 0 aromatic carbocycles. The fraction of sp³-hybridized carbons (Fsp3) is 0.600. The highest BCUT2D eigenvalue weighted by Crippen LogP contribution is 2.29. The van der Waals surface area contributed by atoms with Gasteiger partial charge in [0, 0.05) is 23.8 Å². The molecule has 1 N–H and O–H groups in total. The first kappa shape index (κ1) is 15.0. The van der Waals surface area contributed by atoms with Crippen molar-refractivity contribution in [1.82, 2.24) is 10.2 Å². The topological polar surface area (TPSA) is 40.0 Å². The Morgan fingerprint density at radius 2 is 2.10 bits per heavy atom. The molecule has 1 aliphatic rings. The number of hydrogen-bond acceptors (Lipinski definition) is 5. The van der Waals surface area contributed by atoms with Crippen molar-refractivity contribution in [2.45, 2.75) is 45.7 Å². The lowest BCUT2D eigenvalue weighted by Gasteiger charge is -2.27. The summed E-state index contributed by atoms with van der Waals surface area (Å²) in [5, 5.41) is 3.41. The van der Waals surface area contributed by atoms with Gasteiger partial charge in [0.25, 0.3) is 0 Å². The van der Waals surface area contributed by atoms with Gasteiger partial charge >= 0.3 is 0 Å². The van der Waals surface area contributed by atoms with E-state index >= 15 is 0 Å². The first-order valence-corrected chi connectivity index (χ1v) is 7.99. The lowest BCUT2D eigenvalue weighted by atomic mass is 10.00. The third-order valence-electron chi connectivity index (χ3n) is 3.31. The van der Waals surface area contributed by atoms with Crippen molar-refractivity contribution in [3.8, 4) is 0 Å². The molecule has 0 bridgehead atoms. The minimum Gasteiger partial charge on any atom is -0.349 e. The minimum atomic E-state index is -0.0101. The molecule has 2 unspecified atom stereocenters. The maximum atomic E-state index is 4.72. The van der Waals surface area contributed by atoms with Crippen LogP contribution in [0.15, 0.2) is 22.1 Å². The zero-order chi connectivity index (χ0) is 14.7. The van der Waals surface area contributed by atoms with Gasteiger partial charge in [-0.05, 0) is 32.4 Å². The molecular weight excluding hydrogens is 268 g/mol. The van der Waals surface area contributed by atoms with Crippen LogP contribution in [0.2, 0.25) is 0 Å². The van der Waals surface area contributed by atoms with Crippen molar-refractivity contribution in [3.05, 3.63) is 21.9 Å². The lowest BCUT2D eigenvalue weighted by Crippen LogP contribution is -2.45. The third-order valence-corrected chi connectivity index (χ3v) is 4.42. The van der Waals surface area contributed by atoms with Crippen LogP contribution in [-0.4, -0.2) is 37.0 Å². The summed E-state index contributed by atoms with van der Waals surface area (Å²) in [6.07, 6.45) is 2.24. The van der Waals surface area contributed by atoms with Crippen molar-refractivity contribution in [2.24, 2.45) is 9.98 Å². The van der Waals surface area contributed by atoms with E-state index in [9.17, 15) is 0 Å². The molecule has 0 radical (unpaired) electrons. The fourth-order valence-corrected chi connectivity index (χ4v) is 3.35. The molecule has 110 valence electrons. The second-order valence-electron chi connectivity index (χ2n) is 5.41. The van der Waals surface area contributed by atoms with E-state index < -0.39 is 0 Å². The van der Waals surface area contributed by atoms with Crippen LogP contribution in [0.3, 0.4) is 0 Å². The lowest BCUT2D eigenvalue weighted by molar-refractivity contribution is 0.576. The van der Waals surface area contributed by atoms with Gasteiger partial charge in [0.15, 0.2) is 0 Å². The van der Waals surface area contributed by atoms with E-state index in [0.29, 0.717) is 5.92 Å². The Labute approximate surface area is 125 Å². The summed E-state index contributed by atoms with van der Waals surface area (Å²) in [5.74, 6) is 2.31. The molecule has 1 aromatic heterocycles. The number of hydrogen-bond donors (Lipinski definition) is 1. The van der Waals surface area contributed by atoms with Gasteiger partial charge in [-0.2, -0.15) is 0 Å². The molecule has 1 aliphatic heterocycles. The molecule has 2 atom stereocenters. The normalized spacial score (nSPS) is 19.9. The molecule has 0 aliphatic carbocycles. The summed E-state index contributed by atoms with van der Waals surface area (Å²) >= 11 is 1.87. The maximum Gasteiger partial charge on any atom is 0.201 e. The summed E-state index contributed by atoms with van der Waals surface area (Å²) in [5.41, 5.74) is 0. The number of thiophene rings is 1. The Kier molecular flexibility index (Phi) is 4.81. The van der Waals surface area contributed by atoms with E-state index in [4.69, 9.17) is 4.99 Å². The number of aryl methyl sites for hydroxylation is 1. The minimum absolute atomic E-state index is 0.0101. The van der Waals surface area contributed by atoms with Crippen molar-refractivity contribution in [2.75, 3.05) is 14.1 Å². The molecular formula is C15H24N4S. The number of amidine groups is 1. The van der Waals surface area contributed by atoms with E-state index in [1.165, 1.54) is 9.75 Å². The fourth-order valence-electron chi connectivity index (χ4n) is 2.33. The van der Waals surface area contributed by atoms with Gasteiger partial charge in [-0.1, -0.05) is 13.3 Å². The standard InChI is InChI=1S/C15H24N4S/c1-6-7-12(13-9-8-10(2)20-13)14-16-11(3)17-15(18-14)19(4)5/h8-9,11-12H,6-7H2,1-5H3,(H,16,17,18). The van der Waals surface area contributed by atoms with Gasteiger partial charge in [-0.25, -0.2) is 9.98 Å². The zero-order valence-electron chi connectivity index (χ0n) is 13.0. The van der Waals surface area contributed by atoms with Crippen LogP contribution in [0.4, 0.5) is 0 Å². The van der Waals surface area contributed by atoms with Crippen molar-refractivity contribution in [3.63, 3.8) is 0 Å². The zero-order valence-corrected chi connectivity index (χ0v) is 13.8. The number of rotatable bonds is 4. The molecule has 0 saturated heterocycles. The van der Waals surface area contributed by atoms with Gasteiger partial charge in [0.05, 0.1) is 5.92 Å². The van der Waals surface area contributed by atoms with Crippen LogP contribution < -0.4 is 5.32 Å². The molecule has 20 heavy (non-hydrogen) atoms. The highest BCUT2D eigenvalue weighted by Gasteiger charge is 2.24. The average molecular weight is 292 g/mol. The molecule has 1 aromatic rings. The SMILES string of the molecule is CCCC(C1=NC(C)N=C(N(C)C)N1)c1ccc(C)s1. The van der Waals surface area contributed by atoms with Gasteiger partial charge in [-0.15, -0.1) is 11.3 Å². The molecule has 4 nitrogen and oxygen atoms in total. The largest absolute Gasteiger partial charge is 0.349 e. The van der Waals surface area contributed by atoms with E-state index in [1.807, 2.05) is 37.3 Å². The molecule has 2 rings (SSSR count). The Morgan fingerprint density at radius 1 is 1.35 bits per heavy atom. The molecule has 2 heterocycles. The van der Waals surface area contributed by atoms with Gasteiger partial charge in [0.2, 0.25) is 5.96 Å².